The van der Waals surface area contributed by atoms with E-state index in [1.54, 1.807) is 11.6 Å². The quantitative estimate of drug-likeness (QED) is 0.171. The van der Waals surface area contributed by atoms with E-state index in [2.05, 4.69) is 94.0 Å². The number of carbonyl (C=O) groups is 2. The molecular formula is C35H48N6O5. The van der Waals surface area contributed by atoms with Gasteiger partial charge in [-0.2, -0.15) is 0 Å². The van der Waals surface area contributed by atoms with Crippen molar-refractivity contribution in [2.24, 2.45) is 0 Å². The molecule has 0 aliphatic carbocycles. The van der Waals surface area contributed by atoms with Crippen LogP contribution in [0.3, 0.4) is 0 Å². The van der Waals surface area contributed by atoms with E-state index in [1.165, 1.54) is 17.6 Å². The fourth-order valence-corrected chi connectivity index (χ4v) is 4.55. The van der Waals surface area contributed by atoms with Crippen LogP contribution in [-0.4, -0.2) is 62.8 Å². The van der Waals surface area contributed by atoms with Crippen LogP contribution in [0, 0.1) is 0 Å². The normalized spacial score (nSPS) is 17.3. The number of rotatable bonds is 19. The predicted octanol–water partition coefficient (Wildman–Crippen LogP) is 6.42. The van der Waals surface area contributed by atoms with Gasteiger partial charge in [-0.25, -0.2) is 14.8 Å². The molecule has 1 fully saturated rings. The van der Waals surface area contributed by atoms with Crippen LogP contribution in [0.25, 0.3) is 11.2 Å². The second-order valence-electron chi connectivity index (χ2n) is 10.8. The number of hydrogen-bond acceptors (Lipinski definition) is 7. The van der Waals surface area contributed by atoms with Gasteiger partial charge in [-0.05, 0) is 51.4 Å². The molecule has 1 saturated heterocycles. The summed E-state index contributed by atoms with van der Waals surface area (Å²) in [5, 5.41) is 2.84. The van der Waals surface area contributed by atoms with E-state index in [4.69, 9.17) is 9.47 Å². The van der Waals surface area contributed by atoms with Gasteiger partial charge in [0.2, 0.25) is 12.2 Å². The zero-order valence-corrected chi connectivity index (χ0v) is 27.1. The van der Waals surface area contributed by atoms with Crippen molar-refractivity contribution in [3.63, 3.8) is 0 Å². The minimum Gasteiger partial charge on any atom is -0.419 e. The first-order valence-corrected chi connectivity index (χ1v) is 16.1. The highest BCUT2D eigenvalue weighted by atomic mass is 16.7. The number of allylic oxidation sites excluding steroid dienone is 12. The fourth-order valence-electron chi connectivity index (χ4n) is 4.55. The number of imidazole rings is 1. The van der Waals surface area contributed by atoms with Crippen LogP contribution in [0.2, 0.25) is 0 Å². The van der Waals surface area contributed by atoms with Crippen molar-refractivity contribution < 1.29 is 19.1 Å². The van der Waals surface area contributed by atoms with Gasteiger partial charge in [0, 0.05) is 33.0 Å². The SMILES string of the molecule is CC/C=C\C/C=C\C/C=C\C/C=C\C/C=C\C/C=C\CCC(=O)NCCN(C)C(=O)O[C@H]1CC[C@H](n2cnc3c(=O)[nH]cnc32)O1. The molecule has 2 aromatic heterocycles. The minimum absolute atomic E-state index is 0.0664. The van der Waals surface area contributed by atoms with Crippen LogP contribution in [0.5, 0.6) is 0 Å². The first-order valence-electron chi connectivity index (χ1n) is 16.1. The van der Waals surface area contributed by atoms with Gasteiger partial charge in [-0.15, -0.1) is 0 Å². The molecule has 3 rings (SSSR count). The predicted molar refractivity (Wildman–Crippen MR) is 181 cm³/mol. The summed E-state index contributed by atoms with van der Waals surface area (Å²) in [5.74, 6) is -0.0664. The Balaban J connectivity index is 1.18. The topological polar surface area (TPSA) is 131 Å². The second-order valence-corrected chi connectivity index (χ2v) is 10.8. The number of ether oxygens (including phenoxy) is 2. The lowest BCUT2D eigenvalue weighted by atomic mass is 10.2. The van der Waals surface area contributed by atoms with E-state index in [9.17, 15) is 14.4 Å². The number of hydrogen-bond donors (Lipinski definition) is 2. The molecule has 1 aliphatic heterocycles. The van der Waals surface area contributed by atoms with Crippen molar-refractivity contribution in [2.75, 3.05) is 20.1 Å². The summed E-state index contributed by atoms with van der Waals surface area (Å²) in [6.45, 7) is 2.77. The molecule has 0 aromatic carbocycles. The van der Waals surface area contributed by atoms with Crippen LogP contribution in [0.1, 0.15) is 77.4 Å². The molecular weight excluding hydrogens is 584 g/mol. The molecule has 11 heteroatoms. The maximum absolute atomic E-state index is 12.5. The first-order chi connectivity index (χ1) is 22.5. The number of fused-ring (bicyclic) bond motifs is 1. The summed E-state index contributed by atoms with van der Waals surface area (Å²) in [7, 11) is 1.61. The van der Waals surface area contributed by atoms with Crippen molar-refractivity contribution in [3.05, 3.63) is 95.9 Å². The summed E-state index contributed by atoms with van der Waals surface area (Å²) >= 11 is 0. The van der Waals surface area contributed by atoms with Crippen LogP contribution < -0.4 is 10.9 Å². The zero-order valence-electron chi connectivity index (χ0n) is 27.1. The van der Waals surface area contributed by atoms with Crippen LogP contribution in [-0.2, 0) is 14.3 Å². The summed E-state index contributed by atoms with van der Waals surface area (Å²) in [6.07, 6.45) is 34.8. The van der Waals surface area contributed by atoms with Gasteiger partial charge in [0.25, 0.3) is 5.56 Å². The molecule has 2 N–H and O–H groups in total. The number of aromatic amines is 1. The maximum atomic E-state index is 12.5. The fraction of sp³-hybridized carbons (Fsp3) is 0.457. The second kappa shape index (κ2) is 21.3. The summed E-state index contributed by atoms with van der Waals surface area (Å²) in [6, 6.07) is 0. The summed E-state index contributed by atoms with van der Waals surface area (Å²) in [5.41, 5.74) is 0.312. The van der Waals surface area contributed by atoms with Crippen molar-refractivity contribution >= 4 is 23.2 Å². The van der Waals surface area contributed by atoms with Gasteiger partial charge in [-0.1, -0.05) is 79.8 Å². The van der Waals surface area contributed by atoms with E-state index in [0.717, 1.165) is 38.5 Å². The highest BCUT2D eigenvalue weighted by Gasteiger charge is 2.31. The monoisotopic (exact) mass is 632 g/mol. The molecule has 2 amide bonds. The van der Waals surface area contributed by atoms with Crippen molar-refractivity contribution in [3.8, 4) is 0 Å². The number of nitrogens with one attached hydrogen (secondary N) is 2. The van der Waals surface area contributed by atoms with Crippen molar-refractivity contribution in [2.45, 2.75) is 83.6 Å². The van der Waals surface area contributed by atoms with E-state index >= 15 is 0 Å². The summed E-state index contributed by atoms with van der Waals surface area (Å²) in [4.78, 5) is 48.7. The van der Waals surface area contributed by atoms with E-state index in [0.29, 0.717) is 44.4 Å². The molecule has 11 nitrogen and oxygen atoms in total. The molecule has 0 spiro atoms. The number of aromatic nitrogens is 4. The lowest BCUT2D eigenvalue weighted by Crippen LogP contribution is -2.37. The van der Waals surface area contributed by atoms with Crippen LogP contribution in [0.15, 0.2) is 90.4 Å². The molecule has 3 heterocycles. The van der Waals surface area contributed by atoms with Gasteiger partial charge < -0.3 is 24.7 Å². The molecule has 0 radical (unpaired) electrons. The molecule has 1 aliphatic rings. The Morgan fingerprint density at radius 2 is 1.57 bits per heavy atom. The lowest BCUT2D eigenvalue weighted by Gasteiger charge is -2.20. The standard InChI is InChI=1S/C35H48N6O5/c1-3-4-5-6-7-8-9-10-11-12-13-14-15-16-17-18-19-20-21-22-29(42)36-25-26-40(2)35(44)46-31-24-23-30(45-31)41-28-39-32-33(41)37-27-38-34(32)43/h4-5,7-8,10-11,13-14,16-17,19-20,27-28,30-31H,3,6,9,12,15,18,21-26H2,1-2H3,(H,36,42)(H,37,38,43)/b5-4-,8-7-,11-10-,14-13-,17-16-,20-19-/t30-,31+/m1/s1. The molecule has 2 aromatic rings. The average molecular weight is 633 g/mol. The number of likely N-dealkylation sites (N-methyl/N-ethyl adjacent to an activating group) is 1. The van der Waals surface area contributed by atoms with Crippen LogP contribution >= 0.6 is 0 Å². The Morgan fingerprint density at radius 1 is 0.957 bits per heavy atom. The average Bonchev–Trinajstić information content (AvgIpc) is 3.70. The maximum Gasteiger partial charge on any atom is 0.411 e. The highest BCUT2D eigenvalue weighted by Crippen LogP contribution is 2.30. The summed E-state index contributed by atoms with van der Waals surface area (Å²) < 4.78 is 13.0. The molecule has 0 bridgehead atoms. The van der Waals surface area contributed by atoms with Crippen LogP contribution in [0.4, 0.5) is 4.79 Å². The van der Waals surface area contributed by atoms with E-state index in [1.807, 2.05) is 6.08 Å². The number of carbonyl (C=O) groups excluding carboxylic acids is 2. The molecule has 2 atom stereocenters. The van der Waals surface area contributed by atoms with E-state index < -0.39 is 18.6 Å². The smallest absolute Gasteiger partial charge is 0.411 e. The van der Waals surface area contributed by atoms with Gasteiger partial charge in [-0.3, -0.25) is 14.2 Å². The Kier molecular flexibility index (Phi) is 16.6. The first kappa shape index (κ1) is 36.0. The van der Waals surface area contributed by atoms with Gasteiger partial charge in [0.15, 0.2) is 11.2 Å². The van der Waals surface area contributed by atoms with Gasteiger partial charge >= 0.3 is 6.09 Å². The van der Waals surface area contributed by atoms with Crippen molar-refractivity contribution in [1.29, 1.82) is 0 Å². The molecule has 0 saturated carbocycles. The van der Waals surface area contributed by atoms with Crippen molar-refractivity contribution in [1.82, 2.24) is 29.7 Å². The highest BCUT2D eigenvalue weighted by molar-refractivity contribution is 5.76. The Morgan fingerprint density at radius 3 is 2.20 bits per heavy atom. The third kappa shape index (κ3) is 13.2. The lowest BCUT2D eigenvalue weighted by molar-refractivity contribution is -0.122. The number of amides is 2. The molecule has 248 valence electrons. The van der Waals surface area contributed by atoms with Gasteiger partial charge in [0.1, 0.15) is 6.23 Å². The molecule has 0 unspecified atom stereocenters. The third-order valence-electron chi connectivity index (χ3n) is 7.08. The largest absolute Gasteiger partial charge is 0.419 e. The third-order valence-corrected chi connectivity index (χ3v) is 7.08. The molecule has 46 heavy (non-hydrogen) atoms. The van der Waals surface area contributed by atoms with E-state index in [-0.39, 0.29) is 17.0 Å². The Bertz CT molecular complexity index is 1450. The minimum atomic E-state index is -0.726. The van der Waals surface area contributed by atoms with Gasteiger partial charge in [0.05, 0.1) is 12.7 Å². The zero-order chi connectivity index (χ0) is 32.8. The Labute approximate surface area is 271 Å². The number of H-pyrrole nitrogens is 1. The number of nitrogens with zero attached hydrogens (tertiary/aromatic N) is 4. The Hall–Kier alpha value is -4.51.